The van der Waals surface area contributed by atoms with Crippen molar-refractivity contribution in [3.8, 4) is 22.9 Å². The number of sulfonamides is 1. The topological polar surface area (TPSA) is 128 Å². The number of nitrogens with zero attached hydrogens (tertiary/aromatic N) is 4. The molecular formula is C24H33FN6O5S3. The van der Waals surface area contributed by atoms with Crippen molar-refractivity contribution in [3.05, 3.63) is 30.2 Å². The lowest BCUT2D eigenvalue weighted by atomic mass is 10.1. The van der Waals surface area contributed by atoms with Gasteiger partial charge in [0, 0.05) is 49.4 Å². The molecule has 0 amide bonds. The molecule has 1 aromatic carbocycles. The van der Waals surface area contributed by atoms with E-state index in [0.717, 1.165) is 6.26 Å². The van der Waals surface area contributed by atoms with Crippen molar-refractivity contribution >= 4 is 55.9 Å². The summed E-state index contributed by atoms with van der Waals surface area (Å²) in [6.07, 6.45) is 2.45. The van der Waals surface area contributed by atoms with Crippen LogP contribution in [-0.2, 0) is 14.8 Å². The van der Waals surface area contributed by atoms with Gasteiger partial charge in [-0.3, -0.25) is 4.72 Å². The lowest BCUT2D eigenvalue weighted by Crippen LogP contribution is -2.50. The third-order valence-corrected chi connectivity index (χ3v) is 6.25. The minimum Gasteiger partial charge on any atom is -0.485 e. The van der Waals surface area contributed by atoms with E-state index in [2.05, 4.69) is 38.3 Å². The molecule has 214 valence electrons. The van der Waals surface area contributed by atoms with Crippen molar-refractivity contribution in [3.63, 3.8) is 0 Å². The SMILES string of the molecule is CC.COc1ncc(-c2nc(N3CCOCC3)nc3c(OC4CNC4)cc(F)cc23)cc1NS(C)(=O)=O.SS. The maximum atomic E-state index is 14.7. The number of benzene rings is 1. The number of nitrogens with one attached hydrogen (secondary N) is 2. The van der Waals surface area contributed by atoms with Crippen molar-refractivity contribution in [2.24, 2.45) is 0 Å². The number of aromatic nitrogens is 3. The second kappa shape index (κ2) is 14.2. The minimum absolute atomic E-state index is 0.0848. The van der Waals surface area contributed by atoms with Crippen molar-refractivity contribution < 1.29 is 27.0 Å². The van der Waals surface area contributed by atoms with Crippen LogP contribution in [-0.4, -0.2) is 82.2 Å². The fourth-order valence-electron chi connectivity index (χ4n) is 3.91. The predicted octanol–water partition coefficient (Wildman–Crippen LogP) is 3.19. The van der Waals surface area contributed by atoms with Gasteiger partial charge in [-0.05, 0) is 12.1 Å². The van der Waals surface area contributed by atoms with Gasteiger partial charge in [0.05, 0.1) is 32.3 Å². The first-order valence-electron chi connectivity index (χ1n) is 12.2. The van der Waals surface area contributed by atoms with Gasteiger partial charge in [-0.25, -0.2) is 27.8 Å². The van der Waals surface area contributed by atoms with E-state index in [1.54, 1.807) is 6.07 Å². The first kappa shape index (κ1) is 30.9. The highest BCUT2D eigenvalue weighted by molar-refractivity contribution is 8.59. The molecule has 0 unspecified atom stereocenters. The van der Waals surface area contributed by atoms with Gasteiger partial charge in [-0.1, -0.05) is 13.8 Å². The molecule has 2 aliphatic heterocycles. The molecular weight excluding hydrogens is 568 g/mol. The van der Waals surface area contributed by atoms with E-state index >= 15 is 0 Å². The molecule has 4 heterocycles. The Morgan fingerprint density at radius 2 is 1.85 bits per heavy atom. The Hall–Kier alpha value is -2.59. The molecule has 0 spiro atoms. The smallest absolute Gasteiger partial charge is 0.238 e. The van der Waals surface area contributed by atoms with Crippen LogP contribution >= 0.6 is 23.3 Å². The van der Waals surface area contributed by atoms with Gasteiger partial charge in [-0.15, -0.1) is 23.3 Å². The van der Waals surface area contributed by atoms with Gasteiger partial charge in [0.25, 0.3) is 0 Å². The number of pyridine rings is 1. The normalized spacial score (nSPS) is 15.3. The van der Waals surface area contributed by atoms with Gasteiger partial charge >= 0.3 is 0 Å². The van der Waals surface area contributed by atoms with Crippen molar-refractivity contribution in [2.45, 2.75) is 20.0 Å². The van der Waals surface area contributed by atoms with E-state index in [4.69, 9.17) is 24.2 Å². The number of methoxy groups -OCH3 is 1. The highest BCUT2D eigenvalue weighted by Crippen LogP contribution is 2.37. The zero-order valence-electron chi connectivity index (χ0n) is 22.1. The summed E-state index contributed by atoms with van der Waals surface area (Å²) in [5.74, 6) is 0.353. The van der Waals surface area contributed by atoms with Gasteiger partial charge in [0.1, 0.15) is 28.9 Å². The molecule has 2 fully saturated rings. The molecule has 2 aromatic heterocycles. The number of ether oxygens (including phenoxy) is 3. The molecule has 0 aliphatic carbocycles. The molecule has 11 nitrogen and oxygen atoms in total. The fourth-order valence-corrected chi connectivity index (χ4v) is 4.46. The van der Waals surface area contributed by atoms with Crippen molar-refractivity contribution in [1.29, 1.82) is 0 Å². The van der Waals surface area contributed by atoms with Crippen LogP contribution < -0.4 is 24.4 Å². The van der Waals surface area contributed by atoms with Crippen molar-refractivity contribution in [1.82, 2.24) is 20.3 Å². The molecule has 2 aliphatic rings. The number of hydrogen-bond donors (Lipinski definition) is 4. The second-order valence-corrected chi connectivity index (χ2v) is 10.1. The van der Waals surface area contributed by atoms with E-state index in [9.17, 15) is 12.8 Å². The highest BCUT2D eigenvalue weighted by atomic mass is 33.1. The Morgan fingerprint density at radius 1 is 1.15 bits per heavy atom. The fraction of sp³-hybridized carbons (Fsp3) is 0.458. The lowest BCUT2D eigenvalue weighted by molar-refractivity contribution is 0.122. The number of anilines is 2. The molecule has 39 heavy (non-hydrogen) atoms. The third kappa shape index (κ3) is 7.75. The summed E-state index contributed by atoms with van der Waals surface area (Å²) in [4.78, 5) is 15.7. The molecule has 0 saturated carbocycles. The van der Waals surface area contributed by atoms with Crippen LogP contribution in [0.15, 0.2) is 24.4 Å². The molecule has 0 radical (unpaired) electrons. The number of hydrogen-bond acceptors (Lipinski definition) is 12. The van der Waals surface area contributed by atoms with E-state index in [1.807, 2.05) is 18.7 Å². The Bertz CT molecular complexity index is 1370. The van der Waals surface area contributed by atoms with E-state index in [0.29, 0.717) is 73.3 Å². The van der Waals surface area contributed by atoms with Gasteiger partial charge < -0.3 is 24.4 Å². The summed E-state index contributed by atoms with van der Waals surface area (Å²) in [6.45, 7) is 7.57. The van der Waals surface area contributed by atoms with Gasteiger partial charge in [0.15, 0.2) is 0 Å². The summed E-state index contributed by atoms with van der Waals surface area (Å²) in [5.41, 5.74) is 1.44. The Morgan fingerprint density at radius 3 is 2.44 bits per heavy atom. The number of halogens is 1. The molecule has 2 saturated heterocycles. The highest BCUT2D eigenvalue weighted by Gasteiger charge is 2.24. The maximum absolute atomic E-state index is 14.7. The summed E-state index contributed by atoms with van der Waals surface area (Å²) < 4.78 is 57.7. The Balaban J connectivity index is 0.00000100. The van der Waals surface area contributed by atoms with E-state index in [1.165, 1.54) is 25.4 Å². The number of morpholine rings is 1. The zero-order chi connectivity index (χ0) is 28.6. The van der Waals surface area contributed by atoms with Gasteiger partial charge in [0.2, 0.25) is 21.9 Å². The Labute approximate surface area is 238 Å². The molecule has 0 bridgehead atoms. The Kier molecular flexibility index (Phi) is 11.2. The van der Waals surface area contributed by atoms with Crippen LogP contribution in [0.4, 0.5) is 16.0 Å². The summed E-state index contributed by atoms with van der Waals surface area (Å²) in [7, 11) is -2.22. The monoisotopic (exact) mass is 600 g/mol. The molecule has 5 rings (SSSR count). The third-order valence-electron chi connectivity index (χ3n) is 5.66. The molecule has 0 atom stereocenters. The van der Waals surface area contributed by atoms with Crippen LogP contribution in [0.2, 0.25) is 0 Å². The van der Waals surface area contributed by atoms with E-state index in [-0.39, 0.29) is 17.7 Å². The largest absolute Gasteiger partial charge is 0.485 e. The first-order chi connectivity index (χ1) is 18.8. The molecule has 2 N–H and O–H groups in total. The summed E-state index contributed by atoms with van der Waals surface area (Å²) in [5, 5.41) is 3.55. The molecule has 3 aromatic rings. The van der Waals surface area contributed by atoms with Crippen LogP contribution in [0, 0.1) is 5.82 Å². The number of fused-ring (bicyclic) bond motifs is 1. The van der Waals surface area contributed by atoms with E-state index < -0.39 is 15.8 Å². The number of rotatable bonds is 7. The predicted molar refractivity (Wildman–Crippen MR) is 157 cm³/mol. The quantitative estimate of drug-likeness (QED) is 0.237. The standard InChI is InChI=1S/C22H25FN6O5S.C2H6.H2S2/c1-32-21-17(28-35(2,30)31)7-13(10-25-21)19-16-8-14(23)9-18(34-15-11-24-12-15)20(16)27-22(26-19)29-3-5-33-6-4-29;2*1-2/h7-10,15,24,28H,3-6,11-12H2,1-2H3;1-2H3;1-2H. The second-order valence-electron chi connectivity index (χ2n) is 8.32. The van der Waals surface area contributed by atoms with Crippen LogP contribution in [0.5, 0.6) is 11.6 Å². The molecule has 15 heteroatoms. The average Bonchev–Trinajstić information content (AvgIpc) is 2.92. The number of thiol groups is 2. The van der Waals surface area contributed by atoms with Crippen LogP contribution in [0.3, 0.4) is 0 Å². The lowest BCUT2D eigenvalue weighted by Gasteiger charge is -2.29. The minimum atomic E-state index is -3.61. The zero-order valence-corrected chi connectivity index (χ0v) is 24.7. The summed E-state index contributed by atoms with van der Waals surface area (Å²) in [6, 6.07) is 4.22. The first-order valence-corrected chi connectivity index (χ1v) is 15.7. The average molecular weight is 601 g/mol. The van der Waals surface area contributed by atoms with Crippen molar-refractivity contribution in [2.75, 3.05) is 62.4 Å². The van der Waals surface area contributed by atoms with Crippen LogP contribution in [0.25, 0.3) is 22.2 Å². The van der Waals surface area contributed by atoms with Crippen LogP contribution in [0.1, 0.15) is 13.8 Å². The maximum Gasteiger partial charge on any atom is 0.238 e. The summed E-state index contributed by atoms with van der Waals surface area (Å²) >= 11 is 6.44. The van der Waals surface area contributed by atoms with Gasteiger partial charge in [-0.2, -0.15) is 0 Å².